The molecule has 0 aliphatic heterocycles. The highest BCUT2D eigenvalue weighted by Gasteiger charge is 2.14. The van der Waals surface area contributed by atoms with Crippen LogP contribution in [0.5, 0.6) is 0 Å². The van der Waals surface area contributed by atoms with E-state index in [2.05, 4.69) is 20.9 Å². The van der Waals surface area contributed by atoms with Crippen LogP contribution < -0.4 is 5.46 Å². The predicted molar refractivity (Wildman–Crippen MR) is 46.8 cm³/mol. The van der Waals surface area contributed by atoms with Crippen LogP contribution in [-0.2, 0) is 0 Å². The van der Waals surface area contributed by atoms with Crippen LogP contribution in [-0.4, -0.2) is 22.2 Å². The van der Waals surface area contributed by atoms with E-state index in [1.165, 1.54) is 12.3 Å². The summed E-state index contributed by atoms with van der Waals surface area (Å²) in [6.45, 7) is 0. The number of pyridine rings is 1. The van der Waals surface area contributed by atoms with Crippen molar-refractivity contribution in [3.05, 3.63) is 21.9 Å². The Morgan fingerprint density at radius 3 is 2.64 bits per heavy atom. The Hall–Kier alpha value is -0.0951. The first-order valence-electron chi connectivity index (χ1n) is 2.78. The Labute approximate surface area is 77.3 Å². The standard InChI is InChI=1S/C5H4BBrClNO2/c7-4-1-5(8)9-2-3(4)6(10)11/h1-2,10-11H. The molecular formula is C5H4BBrClNO2. The van der Waals surface area contributed by atoms with Crippen LogP contribution in [0, 0.1) is 0 Å². The predicted octanol–water partition coefficient (Wildman–Crippen LogP) is 0.177. The summed E-state index contributed by atoms with van der Waals surface area (Å²) in [6.07, 6.45) is 1.30. The summed E-state index contributed by atoms with van der Waals surface area (Å²) in [6, 6.07) is 1.50. The second-order valence-electron chi connectivity index (χ2n) is 1.90. The van der Waals surface area contributed by atoms with Gasteiger partial charge in [-0.2, -0.15) is 0 Å². The highest BCUT2D eigenvalue weighted by atomic mass is 79.9. The molecule has 0 atom stereocenters. The maximum Gasteiger partial charge on any atom is 0.491 e. The van der Waals surface area contributed by atoms with Gasteiger partial charge in [0.25, 0.3) is 0 Å². The van der Waals surface area contributed by atoms with Crippen molar-refractivity contribution < 1.29 is 10.0 Å². The third-order valence-electron chi connectivity index (χ3n) is 1.13. The van der Waals surface area contributed by atoms with Crippen LogP contribution in [0.2, 0.25) is 5.15 Å². The molecule has 6 heteroatoms. The normalized spacial score (nSPS) is 9.82. The first-order valence-corrected chi connectivity index (χ1v) is 3.95. The molecule has 0 saturated heterocycles. The zero-order valence-corrected chi connectivity index (χ0v) is 7.67. The molecule has 0 spiro atoms. The lowest BCUT2D eigenvalue weighted by Gasteiger charge is -2.00. The Kier molecular flexibility index (Phi) is 2.89. The molecule has 0 aliphatic rings. The van der Waals surface area contributed by atoms with E-state index in [-0.39, 0.29) is 0 Å². The van der Waals surface area contributed by atoms with Gasteiger partial charge in [-0.3, -0.25) is 0 Å². The lowest BCUT2D eigenvalue weighted by Crippen LogP contribution is -2.31. The molecule has 1 heterocycles. The summed E-state index contributed by atoms with van der Waals surface area (Å²) < 4.78 is 0.535. The van der Waals surface area contributed by atoms with Gasteiger partial charge in [0.05, 0.1) is 0 Å². The maximum absolute atomic E-state index is 8.74. The zero-order chi connectivity index (χ0) is 8.43. The molecule has 1 aromatic rings. The van der Waals surface area contributed by atoms with Gasteiger partial charge in [-0.25, -0.2) is 4.98 Å². The molecule has 0 unspecified atom stereocenters. The van der Waals surface area contributed by atoms with Crippen LogP contribution >= 0.6 is 27.5 Å². The first kappa shape index (κ1) is 9.00. The van der Waals surface area contributed by atoms with E-state index in [0.29, 0.717) is 15.1 Å². The minimum atomic E-state index is -1.52. The van der Waals surface area contributed by atoms with E-state index in [0.717, 1.165) is 0 Å². The molecule has 11 heavy (non-hydrogen) atoms. The lowest BCUT2D eigenvalue weighted by molar-refractivity contribution is 0.425. The third-order valence-corrected chi connectivity index (χ3v) is 2.02. The van der Waals surface area contributed by atoms with Gasteiger partial charge in [-0.15, -0.1) is 0 Å². The molecular weight excluding hydrogens is 232 g/mol. The van der Waals surface area contributed by atoms with Gasteiger partial charge in [0, 0.05) is 16.1 Å². The lowest BCUT2D eigenvalue weighted by atomic mass is 9.82. The molecule has 1 aromatic heterocycles. The van der Waals surface area contributed by atoms with Crippen molar-refractivity contribution >= 4 is 40.1 Å². The van der Waals surface area contributed by atoms with Gasteiger partial charge >= 0.3 is 7.12 Å². The van der Waals surface area contributed by atoms with Gasteiger partial charge in [-0.1, -0.05) is 27.5 Å². The number of rotatable bonds is 1. The van der Waals surface area contributed by atoms with Crippen molar-refractivity contribution in [2.75, 3.05) is 0 Å². The van der Waals surface area contributed by atoms with Crippen molar-refractivity contribution in [1.29, 1.82) is 0 Å². The minimum Gasteiger partial charge on any atom is -0.423 e. The topological polar surface area (TPSA) is 53.4 Å². The maximum atomic E-state index is 8.74. The molecule has 0 aliphatic carbocycles. The van der Waals surface area contributed by atoms with Crippen molar-refractivity contribution in [3.63, 3.8) is 0 Å². The van der Waals surface area contributed by atoms with Gasteiger partial charge in [0.2, 0.25) is 0 Å². The van der Waals surface area contributed by atoms with Crippen LogP contribution in [0.25, 0.3) is 0 Å². The summed E-state index contributed by atoms with van der Waals surface area (Å²) >= 11 is 8.62. The minimum absolute atomic E-state index is 0.300. The summed E-state index contributed by atoms with van der Waals surface area (Å²) in [5, 5.41) is 17.8. The molecule has 2 N–H and O–H groups in total. The second-order valence-corrected chi connectivity index (χ2v) is 3.14. The number of hydrogen-bond donors (Lipinski definition) is 2. The molecule has 0 radical (unpaired) electrons. The van der Waals surface area contributed by atoms with E-state index >= 15 is 0 Å². The quantitative estimate of drug-likeness (QED) is 0.540. The molecule has 3 nitrogen and oxygen atoms in total. The Balaban J connectivity index is 3.09. The Morgan fingerprint density at radius 1 is 1.55 bits per heavy atom. The SMILES string of the molecule is OB(O)c1cnc(Cl)cc1Br. The molecule has 0 amide bonds. The van der Waals surface area contributed by atoms with Crippen molar-refractivity contribution in [3.8, 4) is 0 Å². The fourth-order valence-corrected chi connectivity index (χ4v) is 1.42. The van der Waals surface area contributed by atoms with E-state index in [1.807, 2.05) is 0 Å². The van der Waals surface area contributed by atoms with E-state index in [1.54, 1.807) is 0 Å². The number of aromatic nitrogens is 1. The van der Waals surface area contributed by atoms with Crippen LogP contribution in [0.3, 0.4) is 0 Å². The Bertz CT molecular complexity index is 271. The molecule has 0 fully saturated rings. The van der Waals surface area contributed by atoms with Gasteiger partial charge in [0.15, 0.2) is 0 Å². The van der Waals surface area contributed by atoms with Gasteiger partial charge in [0.1, 0.15) is 5.15 Å². The fourth-order valence-electron chi connectivity index (χ4n) is 0.608. The molecule has 58 valence electrons. The van der Waals surface area contributed by atoms with Crippen molar-refractivity contribution in [2.24, 2.45) is 0 Å². The number of hydrogen-bond acceptors (Lipinski definition) is 3. The molecule has 0 bridgehead atoms. The average Bonchev–Trinajstić information content (AvgIpc) is 1.85. The van der Waals surface area contributed by atoms with Gasteiger partial charge in [-0.05, 0) is 6.07 Å². The number of nitrogens with zero attached hydrogens (tertiary/aromatic N) is 1. The van der Waals surface area contributed by atoms with Crippen LogP contribution in [0.1, 0.15) is 0 Å². The molecule has 0 aromatic carbocycles. The number of halogens is 2. The smallest absolute Gasteiger partial charge is 0.423 e. The summed E-state index contributed by atoms with van der Waals surface area (Å²) in [7, 11) is -1.52. The summed E-state index contributed by atoms with van der Waals surface area (Å²) in [5.41, 5.74) is 0.300. The summed E-state index contributed by atoms with van der Waals surface area (Å²) in [5.74, 6) is 0. The zero-order valence-electron chi connectivity index (χ0n) is 5.33. The monoisotopic (exact) mass is 235 g/mol. The van der Waals surface area contributed by atoms with Crippen LogP contribution in [0.4, 0.5) is 0 Å². The Morgan fingerprint density at radius 2 is 2.18 bits per heavy atom. The third kappa shape index (κ3) is 2.17. The molecule has 0 saturated carbocycles. The van der Waals surface area contributed by atoms with E-state index in [4.69, 9.17) is 21.6 Å². The second kappa shape index (κ2) is 3.54. The van der Waals surface area contributed by atoms with Crippen molar-refractivity contribution in [1.82, 2.24) is 4.98 Å². The highest BCUT2D eigenvalue weighted by molar-refractivity contribution is 9.10. The highest BCUT2D eigenvalue weighted by Crippen LogP contribution is 2.11. The van der Waals surface area contributed by atoms with E-state index < -0.39 is 7.12 Å². The van der Waals surface area contributed by atoms with Crippen LogP contribution in [0.15, 0.2) is 16.7 Å². The largest absolute Gasteiger partial charge is 0.491 e. The van der Waals surface area contributed by atoms with Crippen molar-refractivity contribution in [2.45, 2.75) is 0 Å². The average molecular weight is 236 g/mol. The fraction of sp³-hybridized carbons (Fsp3) is 0. The van der Waals surface area contributed by atoms with E-state index in [9.17, 15) is 0 Å². The summed E-state index contributed by atoms with van der Waals surface area (Å²) in [4.78, 5) is 3.68. The van der Waals surface area contributed by atoms with Gasteiger partial charge < -0.3 is 10.0 Å². The molecule has 1 rings (SSSR count). The first-order chi connectivity index (χ1) is 5.11.